The number of hydrogen-bond acceptors (Lipinski definition) is 0. The molecule has 0 saturated carbocycles. The zero-order chi connectivity index (χ0) is 10.2. The monoisotopic (exact) mass is 228 g/mol. The smallest absolute Gasteiger partial charge is 0.166 e. The average Bonchev–Trinajstić information content (AvgIpc) is 1.97. The first-order valence-corrected chi connectivity index (χ1v) is 4.11. The minimum absolute atomic E-state index is 0.0750. The number of aryl methyl sites for hydroxylation is 1. The summed E-state index contributed by atoms with van der Waals surface area (Å²) in [5, 5.41) is 0.0867. The van der Waals surface area contributed by atoms with E-state index in [2.05, 4.69) is 0 Å². The maximum atomic E-state index is 12.2. The van der Waals surface area contributed by atoms with Gasteiger partial charge in [0, 0.05) is 0 Å². The number of benzene rings is 1. The lowest BCUT2D eigenvalue weighted by Gasteiger charge is -2.09. The van der Waals surface area contributed by atoms with Gasteiger partial charge >= 0.3 is 6.18 Å². The number of halogens is 5. The van der Waals surface area contributed by atoms with Gasteiger partial charge in [0.25, 0.3) is 0 Å². The van der Waals surface area contributed by atoms with E-state index in [1.807, 2.05) is 0 Å². The van der Waals surface area contributed by atoms with Crippen molar-refractivity contribution in [3.8, 4) is 0 Å². The van der Waals surface area contributed by atoms with Gasteiger partial charge < -0.3 is 0 Å². The van der Waals surface area contributed by atoms with Crippen LogP contribution in [-0.2, 0) is 6.18 Å². The third kappa shape index (κ3) is 2.29. The molecule has 13 heavy (non-hydrogen) atoms. The highest BCUT2D eigenvalue weighted by atomic mass is 35.5. The summed E-state index contributed by atoms with van der Waals surface area (Å²) in [6.07, 6.45) is -4.38. The number of hydrogen-bond donors (Lipinski definition) is 0. The van der Waals surface area contributed by atoms with E-state index in [1.165, 1.54) is 6.92 Å². The maximum absolute atomic E-state index is 12.2. The normalized spacial score (nSPS) is 11.8. The predicted octanol–water partition coefficient (Wildman–Crippen LogP) is 4.32. The molecule has 0 aliphatic carbocycles. The van der Waals surface area contributed by atoms with Crippen molar-refractivity contribution in [1.82, 2.24) is 0 Å². The van der Waals surface area contributed by atoms with Crippen molar-refractivity contribution in [2.75, 3.05) is 0 Å². The van der Waals surface area contributed by atoms with Crippen LogP contribution in [0.3, 0.4) is 0 Å². The third-order valence-corrected chi connectivity index (χ3v) is 2.43. The summed E-state index contributed by atoms with van der Waals surface area (Å²) in [6, 6.07) is 1.78. The van der Waals surface area contributed by atoms with E-state index >= 15 is 0 Å². The molecule has 0 heterocycles. The Balaban J connectivity index is 3.29. The van der Waals surface area contributed by atoms with Gasteiger partial charge in [-0.3, -0.25) is 0 Å². The molecular weight excluding hydrogens is 224 g/mol. The van der Waals surface area contributed by atoms with Crippen molar-refractivity contribution in [2.24, 2.45) is 0 Å². The molecule has 0 unspecified atom stereocenters. The van der Waals surface area contributed by atoms with Crippen LogP contribution in [0.25, 0.3) is 0 Å². The Hall–Kier alpha value is -0.410. The summed E-state index contributed by atoms with van der Waals surface area (Å²) in [5.74, 6) is 0. The summed E-state index contributed by atoms with van der Waals surface area (Å²) in [5.41, 5.74) is -0.458. The summed E-state index contributed by atoms with van der Waals surface area (Å²) < 4.78 is 36.5. The van der Waals surface area contributed by atoms with Gasteiger partial charge in [-0.25, -0.2) is 0 Å². The minimum Gasteiger partial charge on any atom is -0.166 e. The maximum Gasteiger partial charge on any atom is 0.416 e. The molecule has 0 bridgehead atoms. The van der Waals surface area contributed by atoms with Gasteiger partial charge in [0.15, 0.2) is 0 Å². The van der Waals surface area contributed by atoms with Gasteiger partial charge in [0.1, 0.15) is 0 Å². The molecule has 0 N–H and O–H groups in total. The lowest BCUT2D eigenvalue weighted by atomic mass is 10.1. The van der Waals surface area contributed by atoms with E-state index in [1.54, 1.807) is 0 Å². The summed E-state index contributed by atoms with van der Waals surface area (Å²) >= 11 is 11.1. The van der Waals surface area contributed by atoms with Crippen LogP contribution in [0.2, 0.25) is 10.0 Å². The molecule has 5 heteroatoms. The highest BCUT2D eigenvalue weighted by Gasteiger charge is 2.31. The number of alkyl halides is 3. The zero-order valence-electron chi connectivity index (χ0n) is 6.54. The molecule has 0 aliphatic rings. The van der Waals surface area contributed by atoms with Crippen LogP contribution in [0.5, 0.6) is 0 Å². The van der Waals surface area contributed by atoms with Crippen molar-refractivity contribution < 1.29 is 13.2 Å². The number of rotatable bonds is 0. The fourth-order valence-electron chi connectivity index (χ4n) is 0.890. The Bertz CT molecular complexity index is 308. The Morgan fingerprint density at radius 1 is 1.15 bits per heavy atom. The Labute approximate surface area is 83.3 Å². The Morgan fingerprint density at radius 2 is 1.69 bits per heavy atom. The first kappa shape index (κ1) is 10.7. The lowest BCUT2D eigenvalue weighted by Crippen LogP contribution is -2.05. The van der Waals surface area contributed by atoms with Gasteiger partial charge in [0.05, 0.1) is 15.6 Å². The Kier molecular flexibility index (Phi) is 2.78. The molecule has 0 atom stereocenters. The molecule has 1 aromatic rings. The SMILES string of the molecule is Cc1cc(C(F)(F)F)cc(Cl)c1Cl. The molecule has 0 radical (unpaired) electrons. The van der Waals surface area contributed by atoms with Crippen LogP contribution < -0.4 is 0 Å². The van der Waals surface area contributed by atoms with Gasteiger partial charge in [-0.15, -0.1) is 0 Å². The molecule has 1 rings (SSSR count). The molecular formula is C8H5Cl2F3. The van der Waals surface area contributed by atoms with E-state index in [-0.39, 0.29) is 10.0 Å². The standard InChI is InChI=1S/C8H5Cl2F3/c1-4-2-5(8(11,12)13)3-6(9)7(4)10/h2-3H,1H3. The van der Waals surface area contributed by atoms with Crippen molar-refractivity contribution >= 4 is 23.2 Å². The van der Waals surface area contributed by atoms with Crippen molar-refractivity contribution in [3.05, 3.63) is 33.3 Å². The predicted molar refractivity (Wildman–Crippen MR) is 46.2 cm³/mol. The van der Waals surface area contributed by atoms with Crippen LogP contribution in [0.1, 0.15) is 11.1 Å². The molecule has 0 spiro atoms. The van der Waals surface area contributed by atoms with Crippen molar-refractivity contribution in [3.63, 3.8) is 0 Å². The van der Waals surface area contributed by atoms with Crippen LogP contribution in [0, 0.1) is 6.92 Å². The largest absolute Gasteiger partial charge is 0.416 e. The highest BCUT2D eigenvalue weighted by molar-refractivity contribution is 6.42. The van der Waals surface area contributed by atoms with Crippen molar-refractivity contribution in [2.45, 2.75) is 13.1 Å². The van der Waals surface area contributed by atoms with Crippen LogP contribution in [-0.4, -0.2) is 0 Å². The van der Waals surface area contributed by atoms with Crippen LogP contribution in [0.15, 0.2) is 12.1 Å². The van der Waals surface area contributed by atoms with E-state index in [0.29, 0.717) is 5.56 Å². The molecule has 0 aromatic heterocycles. The summed E-state index contributed by atoms with van der Waals surface area (Å²) in [7, 11) is 0. The first-order chi connectivity index (χ1) is 5.82. The fraction of sp³-hybridized carbons (Fsp3) is 0.250. The first-order valence-electron chi connectivity index (χ1n) is 3.35. The lowest BCUT2D eigenvalue weighted by molar-refractivity contribution is -0.137. The Morgan fingerprint density at radius 3 is 2.08 bits per heavy atom. The second-order valence-corrected chi connectivity index (χ2v) is 3.37. The topological polar surface area (TPSA) is 0 Å². The van der Waals surface area contributed by atoms with Crippen LogP contribution in [0.4, 0.5) is 13.2 Å². The van der Waals surface area contributed by atoms with E-state index in [0.717, 1.165) is 12.1 Å². The van der Waals surface area contributed by atoms with Gasteiger partial charge in [-0.2, -0.15) is 13.2 Å². The molecule has 0 saturated heterocycles. The third-order valence-electron chi connectivity index (χ3n) is 1.54. The molecule has 0 fully saturated rings. The fourth-order valence-corrected chi connectivity index (χ4v) is 1.27. The second-order valence-electron chi connectivity index (χ2n) is 2.59. The van der Waals surface area contributed by atoms with E-state index in [4.69, 9.17) is 23.2 Å². The van der Waals surface area contributed by atoms with E-state index in [9.17, 15) is 13.2 Å². The van der Waals surface area contributed by atoms with Gasteiger partial charge in [0.2, 0.25) is 0 Å². The summed E-state index contributed by atoms with van der Waals surface area (Å²) in [4.78, 5) is 0. The molecule has 0 amide bonds. The highest BCUT2D eigenvalue weighted by Crippen LogP contribution is 2.35. The molecule has 1 aromatic carbocycles. The molecule has 72 valence electrons. The van der Waals surface area contributed by atoms with E-state index < -0.39 is 11.7 Å². The van der Waals surface area contributed by atoms with Gasteiger partial charge in [-0.05, 0) is 24.6 Å². The molecule has 0 aliphatic heterocycles. The summed E-state index contributed by atoms with van der Waals surface area (Å²) in [6.45, 7) is 1.48. The van der Waals surface area contributed by atoms with Crippen molar-refractivity contribution in [1.29, 1.82) is 0 Å². The molecule has 0 nitrogen and oxygen atoms in total. The van der Waals surface area contributed by atoms with Crippen LogP contribution >= 0.6 is 23.2 Å². The second kappa shape index (κ2) is 3.39. The zero-order valence-corrected chi connectivity index (χ0v) is 8.06. The minimum atomic E-state index is -4.38. The quantitative estimate of drug-likeness (QED) is 0.621. The average molecular weight is 229 g/mol. The van der Waals surface area contributed by atoms with Gasteiger partial charge in [-0.1, -0.05) is 23.2 Å².